The molecule has 0 radical (unpaired) electrons. The molecule has 1 aromatic heterocycles. The molecule has 2 saturated heterocycles. The van der Waals surface area contributed by atoms with E-state index in [1.165, 1.54) is 0 Å². The van der Waals surface area contributed by atoms with Crippen molar-refractivity contribution in [3.05, 3.63) is 12.3 Å². The van der Waals surface area contributed by atoms with Gasteiger partial charge in [0, 0.05) is 57.4 Å². The van der Waals surface area contributed by atoms with Gasteiger partial charge < -0.3 is 20.2 Å². The van der Waals surface area contributed by atoms with E-state index in [0.717, 1.165) is 57.2 Å². The standard InChI is InChI=1S/C18H29N5O2/c1-2-19-15-6-9-20-17(21-15)23-10-3-7-18(14-23)8-5-16(25)22(13-18)11-4-12-24/h6,9,24H,2-5,7-8,10-14H2,1H3,(H,19,20,21)/t18-/m0/s1. The van der Waals surface area contributed by atoms with Gasteiger partial charge in [0.15, 0.2) is 0 Å². The van der Waals surface area contributed by atoms with Crippen molar-refractivity contribution in [2.45, 2.75) is 39.0 Å². The second kappa shape index (κ2) is 7.99. The van der Waals surface area contributed by atoms with Crippen LogP contribution in [0.4, 0.5) is 11.8 Å². The number of rotatable bonds is 6. The van der Waals surface area contributed by atoms with Crippen molar-refractivity contribution in [3.63, 3.8) is 0 Å². The number of hydrogen-bond acceptors (Lipinski definition) is 6. The first-order valence-electron chi connectivity index (χ1n) is 9.36. The summed E-state index contributed by atoms with van der Waals surface area (Å²) in [5.74, 6) is 1.86. The van der Waals surface area contributed by atoms with E-state index >= 15 is 0 Å². The van der Waals surface area contributed by atoms with Gasteiger partial charge in [0.2, 0.25) is 11.9 Å². The van der Waals surface area contributed by atoms with Crippen LogP contribution in [0.2, 0.25) is 0 Å². The number of nitrogens with zero attached hydrogens (tertiary/aromatic N) is 4. The first kappa shape index (κ1) is 17.9. The van der Waals surface area contributed by atoms with E-state index in [2.05, 4.69) is 27.1 Å². The average molecular weight is 347 g/mol. The lowest BCUT2D eigenvalue weighted by Gasteiger charge is -2.48. The molecular formula is C18H29N5O2. The lowest BCUT2D eigenvalue weighted by Crippen LogP contribution is -2.54. The van der Waals surface area contributed by atoms with E-state index in [-0.39, 0.29) is 17.9 Å². The van der Waals surface area contributed by atoms with Crippen LogP contribution in [0, 0.1) is 5.41 Å². The van der Waals surface area contributed by atoms with Gasteiger partial charge in [-0.1, -0.05) is 0 Å². The lowest BCUT2D eigenvalue weighted by molar-refractivity contribution is -0.138. The van der Waals surface area contributed by atoms with E-state index < -0.39 is 0 Å². The minimum absolute atomic E-state index is 0.124. The molecule has 1 aromatic rings. The van der Waals surface area contributed by atoms with Crippen molar-refractivity contribution in [1.82, 2.24) is 14.9 Å². The molecule has 2 N–H and O–H groups in total. The molecule has 2 aliphatic rings. The SMILES string of the molecule is CCNc1ccnc(N2CCC[C@@]3(CCC(=O)N(CCCO)C3)C2)n1. The van der Waals surface area contributed by atoms with Gasteiger partial charge in [0.25, 0.3) is 0 Å². The van der Waals surface area contributed by atoms with E-state index in [4.69, 9.17) is 5.11 Å². The van der Waals surface area contributed by atoms with Crippen molar-refractivity contribution < 1.29 is 9.90 Å². The number of piperidine rings is 2. The summed E-state index contributed by atoms with van der Waals surface area (Å²) in [4.78, 5) is 25.5. The molecule has 1 atom stereocenters. The van der Waals surface area contributed by atoms with Crippen LogP contribution < -0.4 is 10.2 Å². The summed E-state index contributed by atoms with van der Waals surface area (Å²) < 4.78 is 0. The molecular weight excluding hydrogens is 318 g/mol. The quantitative estimate of drug-likeness (QED) is 0.812. The highest BCUT2D eigenvalue weighted by Crippen LogP contribution is 2.39. The molecule has 3 heterocycles. The Bertz CT molecular complexity index is 597. The van der Waals surface area contributed by atoms with Crippen molar-refractivity contribution in [2.75, 3.05) is 49.5 Å². The number of aromatic nitrogens is 2. The van der Waals surface area contributed by atoms with Crippen molar-refractivity contribution >= 4 is 17.7 Å². The first-order valence-corrected chi connectivity index (χ1v) is 9.36. The maximum absolute atomic E-state index is 12.2. The van der Waals surface area contributed by atoms with Gasteiger partial charge in [0.05, 0.1) is 0 Å². The first-order chi connectivity index (χ1) is 12.2. The Balaban J connectivity index is 1.71. The molecule has 1 spiro atoms. The number of anilines is 2. The fourth-order valence-electron chi connectivity index (χ4n) is 4.06. The molecule has 3 rings (SSSR count). The molecule has 138 valence electrons. The Kier molecular flexibility index (Phi) is 5.73. The fourth-order valence-corrected chi connectivity index (χ4v) is 4.06. The van der Waals surface area contributed by atoms with E-state index in [0.29, 0.717) is 19.4 Å². The van der Waals surface area contributed by atoms with Crippen LogP contribution in [0.1, 0.15) is 39.0 Å². The molecule has 25 heavy (non-hydrogen) atoms. The summed E-state index contributed by atoms with van der Waals surface area (Å²) in [7, 11) is 0. The highest BCUT2D eigenvalue weighted by atomic mass is 16.3. The van der Waals surface area contributed by atoms with Crippen LogP contribution in [-0.4, -0.2) is 65.2 Å². The number of hydrogen-bond donors (Lipinski definition) is 2. The minimum Gasteiger partial charge on any atom is -0.396 e. The van der Waals surface area contributed by atoms with Gasteiger partial charge in [-0.3, -0.25) is 4.79 Å². The molecule has 0 unspecified atom stereocenters. The largest absolute Gasteiger partial charge is 0.396 e. The van der Waals surface area contributed by atoms with E-state index in [9.17, 15) is 4.79 Å². The van der Waals surface area contributed by atoms with E-state index in [1.807, 2.05) is 11.0 Å². The highest BCUT2D eigenvalue weighted by molar-refractivity contribution is 5.77. The number of aliphatic hydroxyl groups is 1. The molecule has 7 heteroatoms. The molecule has 0 aromatic carbocycles. The maximum atomic E-state index is 12.2. The second-order valence-corrected chi connectivity index (χ2v) is 7.19. The summed E-state index contributed by atoms with van der Waals surface area (Å²) in [5, 5.41) is 12.3. The molecule has 7 nitrogen and oxygen atoms in total. The topological polar surface area (TPSA) is 81.6 Å². The van der Waals surface area contributed by atoms with Crippen LogP contribution in [0.25, 0.3) is 0 Å². The van der Waals surface area contributed by atoms with Gasteiger partial charge in [-0.15, -0.1) is 0 Å². The van der Waals surface area contributed by atoms with Crippen LogP contribution >= 0.6 is 0 Å². The molecule has 1 amide bonds. The Hall–Kier alpha value is -1.89. The minimum atomic E-state index is 0.124. The molecule has 0 bridgehead atoms. The molecule has 2 fully saturated rings. The summed E-state index contributed by atoms with van der Waals surface area (Å²) in [5.41, 5.74) is 0.124. The number of carbonyl (C=O) groups is 1. The summed E-state index contributed by atoms with van der Waals surface area (Å²) in [6.07, 6.45) is 6.23. The van der Waals surface area contributed by atoms with E-state index in [1.54, 1.807) is 6.20 Å². The Morgan fingerprint density at radius 3 is 3.04 bits per heavy atom. The van der Waals surface area contributed by atoms with Crippen LogP contribution in [0.15, 0.2) is 12.3 Å². The second-order valence-electron chi connectivity index (χ2n) is 7.19. The van der Waals surface area contributed by atoms with Gasteiger partial charge in [-0.25, -0.2) is 4.98 Å². The number of aliphatic hydroxyl groups excluding tert-OH is 1. The van der Waals surface area contributed by atoms with Crippen LogP contribution in [0.5, 0.6) is 0 Å². The normalized spacial score (nSPS) is 24.0. The fraction of sp³-hybridized carbons (Fsp3) is 0.722. The predicted molar refractivity (Wildman–Crippen MR) is 97.6 cm³/mol. The third-order valence-electron chi connectivity index (χ3n) is 5.28. The maximum Gasteiger partial charge on any atom is 0.227 e. The molecule has 0 saturated carbocycles. The van der Waals surface area contributed by atoms with Gasteiger partial charge >= 0.3 is 0 Å². The summed E-state index contributed by atoms with van der Waals surface area (Å²) in [6.45, 7) is 6.32. The van der Waals surface area contributed by atoms with Gasteiger partial charge in [0.1, 0.15) is 5.82 Å². The number of amides is 1. The number of carbonyl (C=O) groups excluding carboxylic acids is 1. The Morgan fingerprint density at radius 2 is 2.24 bits per heavy atom. The monoisotopic (exact) mass is 347 g/mol. The zero-order valence-electron chi connectivity index (χ0n) is 15.1. The average Bonchev–Trinajstić information content (AvgIpc) is 2.63. The molecule has 0 aliphatic carbocycles. The smallest absolute Gasteiger partial charge is 0.227 e. The van der Waals surface area contributed by atoms with Gasteiger partial charge in [-0.05, 0) is 38.7 Å². The predicted octanol–water partition coefficient (Wildman–Crippen LogP) is 1.50. The third-order valence-corrected chi connectivity index (χ3v) is 5.28. The molecule has 2 aliphatic heterocycles. The highest BCUT2D eigenvalue weighted by Gasteiger charge is 2.42. The Morgan fingerprint density at radius 1 is 1.36 bits per heavy atom. The summed E-state index contributed by atoms with van der Waals surface area (Å²) in [6, 6.07) is 1.89. The summed E-state index contributed by atoms with van der Waals surface area (Å²) >= 11 is 0. The van der Waals surface area contributed by atoms with Gasteiger partial charge in [-0.2, -0.15) is 4.98 Å². The van der Waals surface area contributed by atoms with Crippen molar-refractivity contribution in [3.8, 4) is 0 Å². The number of nitrogens with one attached hydrogen (secondary N) is 1. The van der Waals surface area contributed by atoms with Crippen LogP contribution in [-0.2, 0) is 4.79 Å². The van der Waals surface area contributed by atoms with Crippen molar-refractivity contribution in [1.29, 1.82) is 0 Å². The zero-order chi connectivity index (χ0) is 17.7. The Labute approximate surface area is 149 Å². The van der Waals surface area contributed by atoms with Crippen molar-refractivity contribution in [2.24, 2.45) is 5.41 Å². The van der Waals surface area contributed by atoms with Crippen LogP contribution in [0.3, 0.4) is 0 Å². The zero-order valence-corrected chi connectivity index (χ0v) is 15.1. The number of likely N-dealkylation sites (tertiary alicyclic amines) is 1. The third kappa shape index (κ3) is 4.21. The lowest BCUT2D eigenvalue weighted by atomic mass is 9.73.